The van der Waals surface area contributed by atoms with Gasteiger partial charge in [0.2, 0.25) is 5.91 Å². The van der Waals surface area contributed by atoms with Crippen LogP contribution in [0.5, 0.6) is 0 Å². The van der Waals surface area contributed by atoms with Gasteiger partial charge in [0.25, 0.3) is 0 Å². The van der Waals surface area contributed by atoms with Gasteiger partial charge < -0.3 is 5.32 Å². The lowest BCUT2D eigenvalue weighted by Crippen LogP contribution is -2.19. The van der Waals surface area contributed by atoms with Crippen molar-refractivity contribution < 1.29 is 4.79 Å². The Bertz CT molecular complexity index is 590. The predicted molar refractivity (Wildman–Crippen MR) is 75.5 cm³/mol. The number of anilines is 1. The van der Waals surface area contributed by atoms with Gasteiger partial charge in [-0.2, -0.15) is 0 Å². The Balaban J connectivity index is 2.12. The molecular weight excluding hydrogens is 285 g/mol. The molecule has 1 atom stereocenters. The van der Waals surface area contributed by atoms with Crippen LogP contribution in [0, 0.1) is 0 Å². The van der Waals surface area contributed by atoms with Gasteiger partial charge in [-0.1, -0.05) is 29.3 Å². The zero-order valence-corrected chi connectivity index (χ0v) is 11.6. The molecule has 1 unspecified atom stereocenters. The van der Waals surface area contributed by atoms with Gasteiger partial charge in [-0.15, -0.1) is 0 Å². The zero-order chi connectivity index (χ0) is 13.8. The Morgan fingerprint density at radius 1 is 1.26 bits per heavy atom. The SMILES string of the molecule is CC(C(=O)Nc1ccncn1)c1ccc(Cl)c(Cl)c1. The van der Waals surface area contributed by atoms with Crippen LogP contribution in [0.3, 0.4) is 0 Å². The predicted octanol–water partition coefficient (Wildman–Crippen LogP) is 3.53. The highest BCUT2D eigenvalue weighted by molar-refractivity contribution is 6.42. The molecule has 1 amide bonds. The molecule has 1 aromatic carbocycles. The third kappa shape index (κ3) is 3.43. The maximum Gasteiger partial charge on any atom is 0.232 e. The highest BCUT2D eigenvalue weighted by Crippen LogP contribution is 2.26. The van der Waals surface area contributed by atoms with Gasteiger partial charge in [0.05, 0.1) is 16.0 Å². The summed E-state index contributed by atoms with van der Waals surface area (Å²) in [6.45, 7) is 1.79. The first-order valence-corrected chi connectivity index (χ1v) is 6.35. The monoisotopic (exact) mass is 295 g/mol. The number of hydrogen-bond donors (Lipinski definition) is 1. The van der Waals surface area contributed by atoms with Crippen molar-refractivity contribution in [2.45, 2.75) is 12.8 Å². The van der Waals surface area contributed by atoms with Gasteiger partial charge in [0.1, 0.15) is 12.1 Å². The van der Waals surface area contributed by atoms with Crippen LogP contribution in [-0.2, 0) is 4.79 Å². The lowest BCUT2D eigenvalue weighted by molar-refractivity contribution is -0.117. The summed E-state index contributed by atoms with van der Waals surface area (Å²) in [5, 5.41) is 3.61. The fraction of sp³-hybridized carbons (Fsp3) is 0.154. The molecule has 0 aliphatic heterocycles. The molecular formula is C13H11Cl2N3O. The normalized spacial score (nSPS) is 11.9. The van der Waals surface area contributed by atoms with Crippen molar-refractivity contribution in [2.75, 3.05) is 5.32 Å². The summed E-state index contributed by atoms with van der Waals surface area (Å²) in [5.41, 5.74) is 0.793. The largest absolute Gasteiger partial charge is 0.310 e. The van der Waals surface area contributed by atoms with Gasteiger partial charge in [-0.05, 0) is 30.7 Å². The number of hydrogen-bond acceptors (Lipinski definition) is 3. The van der Waals surface area contributed by atoms with Crippen molar-refractivity contribution >= 4 is 34.9 Å². The van der Waals surface area contributed by atoms with E-state index in [9.17, 15) is 4.79 Å². The van der Waals surface area contributed by atoms with Crippen LogP contribution in [-0.4, -0.2) is 15.9 Å². The molecule has 1 heterocycles. The van der Waals surface area contributed by atoms with Crippen molar-refractivity contribution in [1.29, 1.82) is 0 Å². The number of amides is 1. The van der Waals surface area contributed by atoms with Crippen molar-refractivity contribution in [3.05, 3.63) is 52.4 Å². The van der Waals surface area contributed by atoms with Crippen molar-refractivity contribution in [3.8, 4) is 0 Å². The van der Waals surface area contributed by atoms with Crippen molar-refractivity contribution in [1.82, 2.24) is 9.97 Å². The molecule has 0 saturated heterocycles. The maximum absolute atomic E-state index is 12.1. The smallest absolute Gasteiger partial charge is 0.232 e. The highest BCUT2D eigenvalue weighted by Gasteiger charge is 2.16. The molecule has 1 aromatic heterocycles. The van der Waals surface area contributed by atoms with Gasteiger partial charge in [0, 0.05) is 6.20 Å². The molecule has 2 rings (SSSR count). The third-order valence-corrected chi connectivity index (χ3v) is 3.41. The summed E-state index contributed by atoms with van der Waals surface area (Å²) >= 11 is 11.8. The second kappa shape index (κ2) is 5.99. The number of benzene rings is 1. The molecule has 0 spiro atoms. The summed E-state index contributed by atoms with van der Waals surface area (Å²) in [5.74, 6) is -0.0614. The Morgan fingerprint density at radius 3 is 2.68 bits per heavy atom. The number of nitrogens with zero attached hydrogens (tertiary/aromatic N) is 2. The highest BCUT2D eigenvalue weighted by atomic mass is 35.5. The molecule has 0 saturated carbocycles. The maximum atomic E-state index is 12.1. The van der Waals surface area contributed by atoms with Crippen LogP contribution in [0.2, 0.25) is 10.0 Å². The second-order valence-electron chi connectivity index (χ2n) is 3.98. The first kappa shape index (κ1) is 13.8. The van der Waals surface area contributed by atoms with Crippen molar-refractivity contribution in [3.63, 3.8) is 0 Å². The van der Waals surface area contributed by atoms with E-state index in [4.69, 9.17) is 23.2 Å². The summed E-state index contributed by atoms with van der Waals surface area (Å²) in [6, 6.07) is 6.76. The molecule has 2 aromatic rings. The fourth-order valence-corrected chi connectivity index (χ4v) is 1.84. The molecule has 0 radical (unpaired) electrons. The first-order valence-electron chi connectivity index (χ1n) is 5.60. The van der Waals surface area contributed by atoms with Gasteiger partial charge >= 0.3 is 0 Å². The number of carbonyl (C=O) groups excluding carboxylic acids is 1. The van der Waals surface area contributed by atoms with E-state index in [2.05, 4.69) is 15.3 Å². The van der Waals surface area contributed by atoms with E-state index in [1.807, 2.05) is 0 Å². The lowest BCUT2D eigenvalue weighted by Gasteiger charge is -2.12. The van der Waals surface area contributed by atoms with Crippen LogP contribution >= 0.6 is 23.2 Å². The van der Waals surface area contributed by atoms with Crippen LogP contribution < -0.4 is 5.32 Å². The quantitative estimate of drug-likeness (QED) is 0.942. The average Bonchev–Trinajstić information content (AvgIpc) is 2.42. The number of rotatable bonds is 3. The minimum Gasteiger partial charge on any atom is -0.310 e. The topological polar surface area (TPSA) is 54.9 Å². The molecule has 1 N–H and O–H groups in total. The Hall–Kier alpha value is -1.65. The molecule has 19 heavy (non-hydrogen) atoms. The molecule has 0 fully saturated rings. The van der Waals surface area contributed by atoms with Crippen molar-refractivity contribution in [2.24, 2.45) is 0 Å². The standard InChI is InChI=1S/C13H11Cl2N3O/c1-8(9-2-3-10(14)11(15)6-9)13(19)18-12-4-5-16-7-17-12/h2-8H,1H3,(H,16,17,18,19). The molecule has 6 heteroatoms. The van der Waals surface area contributed by atoms with E-state index in [0.717, 1.165) is 5.56 Å². The Kier molecular flexibility index (Phi) is 4.35. The number of carbonyl (C=O) groups is 1. The van der Waals surface area contributed by atoms with Crippen LogP contribution in [0.4, 0.5) is 5.82 Å². The van der Waals surface area contributed by atoms with Crippen LogP contribution in [0.15, 0.2) is 36.8 Å². The molecule has 0 aliphatic rings. The average molecular weight is 296 g/mol. The van der Waals surface area contributed by atoms with Gasteiger partial charge in [-0.3, -0.25) is 4.79 Å². The minimum atomic E-state index is -0.357. The lowest BCUT2D eigenvalue weighted by atomic mass is 10.0. The zero-order valence-electron chi connectivity index (χ0n) is 10.1. The summed E-state index contributed by atoms with van der Waals surface area (Å²) < 4.78 is 0. The third-order valence-electron chi connectivity index (χ3n) is 2.67. The molecule has 0 bridgehead atoms. The van der Waals surface area contributed by atoms with E-state index < -0.39 is 0 Å². The van der Waals surface area contributed by atoms with E-state index >= 15 is 0 Å². The number of nitrogens with one attached hydrogen (secondary N) is 1. The summed E-state index contributed by atoms with van der Waals surface area (Å²) in [4.78, 5) is 19.8. The van der Waals surface area contributed by atoms with Gasteiger partial charge in [0.15, 0.2) is 0 Å². The van der Waals surface area contributed by atoms with Gasteiger partial charge in [-0.25, -0.2) is 9.97 Å². The molecule has 4 nitrogen and oxygen atoms in total. The number of halogens is 2. The minimum absolute atomic E-state index is 0.169. The summed E-state index contributed by atoms with van der Waals surface area (Å²) in [6.07, 6.45) is 2.94. The van der Waals surface area contributed by atoms with E-state index in [1.54, 1.807) is 37.4 Å². The summed E-state index contributed by atoms with van der Waals surface area (Å²) in [7, 11) is 0. The van der Waals surface area contributed by atoms with Crippen LogP contribution in [0.25, 0.3) is 0 Å². The molecule has 98 valence electrons. The first-order chi connectivity index (χ1) is 9.08. The Morgan fingerprint density at radius 2 is 2.05 bits per heavy atom. The van der Waals surface area contributed by atoms with Crippen LogP contribution in [0.1, 0.15) is 18.4 Å². The second-order valence-corrected chi connectivity index (χ2v) is 4.79. The molecule has 0 aliphatic carbocycles. The van der Waals surface area contributed by atoms with E-state index in [-0.39, 0.29) is 11.8 Å². The van der Waals surface area contributed by atoms with E-state index in [1.165, 1.54) is 6.33 Å². The van der Waals surface area contributed by atoms with E-state index in [0.29, 0.717) is 15.9 Å². The fourth-order valence-electron chi connectivity index (χ4n) is 1.53. The Labute approximate surface area is 120 Å². The number of aromatic nitrogens is 2.